The van der Waals surface area contributed by atoms with Crippen LogP contribution in [0.25, 0.3) is 21.9 Å². The summed E-state index contributed by atoms with van der Waals surface area (Å²) >= 11 is 0. The molecule has 0 saturated heterocycles. The van der Waals surface area contributed by atoms with Crippen LogP contribution in [0.5, 0.6) is 23.0 Å². The highest BCUT2D eigenvalue weighted by Crippen LogP contribution is 2.47. The van der Waals surface area contributed by atoms with Gasteiger partial charge in [-0.1, -0.05) is 51.9 Å². The Morgan fingerprint density at radius 3 is 2.47 bits per heavy atom. The topological polar surface area (TPSA) is 120 Å². The van der Waals surface area contributed by atoms with E-state index in [1.165, 1.54) is 0 Å². The molecule has 0 unspecified atom stereocenters. The van der Waals surface area contributed by atoms with Gasteiger partial charge in [-0.05, 0) is 121 Å². The molecule has 1 fully saturated rings. The monoisotopic (exact) mass is 702 g/mol. The minimum atomic E-state index is -0.479. The first kappa shape index (κ1) is 35.4. The number of methoxy groups -OCH3 is 1. The van der Waals surface area contributed by atoms with Crippen molar-refractivity contribution < 1.29 is 29.6 Å². The van der Waals surface area contributed by atoms with Gasteiger partial charge < -0.3 is 30.1 Å². The maximum Gasteiger partial charge on any atom is 0.168 e. The molecule has 8 nitrogen and oxygen atoms in total. The maximum atomic E-state index is 13.9. The van der Waals surface area contributed by atoms with Crippen LogP contribution in [0.2, 0.25) is 0 Å². The van der Waals surface area contributed by atoms with Crippen molar-refractivity contribution in [2.24, 2.45) is 5.92 Å². The van der Waals surface area contributed by atoms with Crippen LogP contribution in [-0.2, 0) is 28.2 Å². The smallest absolute Gasteiger partial charge is 0.168 e. The number of ketones is 1. The number of hydrogen-bond donors (Lipinski definition) is 5. The highest BCUT2D eigenvalue weighted by molar-refractivity contribution is 8.76. The minimum Gasteiger partial charge on any atom is -0.508 e. The molecule has 1 aliphatic carbocycles. The van der Waals surface area contributed by atoms with Gasteiger partial charge in [0.1, 0.15) is 23.5 Å². The molecule has 0 aromatic heterocycles. The molecule has 4 aromatic rings. The molecule has 0 amide bonds. The number of Topliss-reactive ketones (excluding diaryl/α,β-unsaturated/α-hetero) is 1. The van der Waals surface area contributed by atoms with Crippen LogP contribution in [0.3, 0.4) is 0 Å². The average molecular weight is 703 g/mol. The number of benzene rings is 4. The number of aryl methyl sites for hydroxylation is 1. The minimum absolute atomic E-state index is 0.0414. The third-order valence-corrected chi connectivity index (χ3v) is 12.7. The molecule has 7 rings (SSSR count). The third kappa shape index (κ3) is 8.15. The van der Waals surface area contributed by atoms with Crippen molar-refractivity contribution in [2.45, 2.75) is 74.8 Å². The molecule has 49 heavy (non-hydrogen) atoms. The number of fused-ring (bicyclic) bond motifs is 9. The van der Waals surface area contributed by atoms with Gasteiger partial charge in [-0.15, -0.1) is 0 Å². The Morgan fingerprint density at radius 2 is 1.71 bits per heavy atom. The number of phenols is 3. The molecule has 4 aromatic carbocycles. The molecule has 10 heteroatoms. The van der Waals surface area contributed by atoms with E-state index in [0.29, 0.717) is 42.6 Å². The summed E-state index contributed by atoms with van der Waals surface area (Å²) in [7, 11) is 9.01. The second-order valence-corrected chi connectivity index (χ2v) is 15.8. The largest absolute Gasteiger partial charge is 0.508 e. The van der Waals surface area contributed by atoms with E-state index in [9.17, 15) is 20.1 Å². The number of carbonyl (C=O) groups is 1. The first-order valence-electron chi connectivity index (χ1n) is 17.0. The van der Waals surface area contributed by atoms with Gasteiger partial charge in [0.2, 0.25) is 0 Å². The number of hydrogen-bond acceptors (Lipinski definition) is 10. The van der Waals surface area contributed by atoms with E-state index in [4.69, 9.17) is 9.47 Å². The molecular formula is C39H46N2O6S2. The van der Waals surface area contributed by atoms with E-state index < -0.39 is 6.23 Å². The molecule has 2 bridgehead atoms. The van der Waals surface area contributed by atoms with E-state index >= 15 is 0 Å². The van der Waals surface area contributed by atoms with Gasteiger partial charge in [-0.2, -0.15) is 0 Å². The van der Waals surface area contributed by atoms with Crippen molar-refractivity contribution in [3.8, 4) is 34.1 Å². The van der Waals surface area contributed by atoms with E-state index in [0.717, 1.165) is 69.8 Å². The van der Waals surface area contributed by atoms with Crippen LogP contribution >= 0.6 is 21.6 Å². The normalized spacial score (nSPS) is 20.9. The van der Waals surface area contributed by atoms with Gasteiger partial charge in [0, 0.05) is 36.0 Å². The molecule has 2 heterocycles. The number of carbonyl (C=O) groups excluding carboxylic acids is 1. The Morgan fingerprint density at radius 1 is 0.918 bits per heavy atom. The number of aromatic hydroxyl groups is 3. The first-order valence-corrected chi connectivity index (χ1v) is 19.4. The zero-order chi connectivity index (χ0) is 34.5. The Balaban J connectivity index is 1.35. The van der Waals surface area contributed by atoms with Crippen molar-refractivity contribution in [3.63, 3.8) is 0 Å². The van der Waals surface area contributed by atoms with Crippen molar-refractivity contribution in [3.05, 3.63) is 82.9 Å². The van der Waals surface area contributed by atoms with Crippen molar-refractivity contribution in [1.82, 2.24) is 10.6 Å². The SMILES string of the molecule is CNCc1cc(O)cc([C@@H](NC)O[C@@H]2CC(=O)CCc3ccc(O)c(OC)c3-c3ccc4ccc(O)cc4c3CSSC3CCC2CC3)c1. The summed E-state index contributed by atoms with van der Waals surface area (Å²) in [6.07, 6.45) is 4.34. The average Bonchev–Trinajstić information content (AvgIpc) is 3.09. The lowest BCUT2D eigenvalue weighted by Gasteiger charge is -2.35. The fourth-order valence-corrected chi connectivity index (χ4v) is 10.3. The van der Waals surface area contributed by atoms with Crippen LogP contribution in [0, 0.1) is 5.92 Å². The Labute approximate surface area is 296 Å². The molecule has 3 aliphatic rings. The lowest BCUT2D eigenvalue weighted by molar-refractivity contribution is -0.127. The zero-order valence-electron chi connectivity index (χ0n) is 28.3. The molecular weight excluding hydrogens is 657 g/mol. The lowest BCUT2D eigenvalue weighted by Crippen LogP contribution is -2.35. The van der Waals surface area contributed by atoms with Crippen molar-refractivity contribution in [2.75, 3.05) is 21.2 Å². The van der Waals surface area contributed by atoms with E-state index in [2.05, 4.69) is 16.7 Å². The summed E-state index contributed by atoms with van der Waals surface area (Å²) in [6.45, 7) is 0.618. The molecule has 260 valence electrons. The quantitative estimate of drug-likeness (QED) is 0.0957. The number of nitrogens with one attached hydrogen (secondary N) is 2. The van der Waals surface area contributed by atoms with Crippen LogP contribution < -0.4 is 15.4 Å². The van der Waals surface area contributed by atoms with E-state index in [-0.39, 0.29) is 35.1 Å². The summed E-state index contributed by atoms with van der Waals surface area (Å²) in [5.74, 6) is 1.87. The summed E-state index contributed by atoms with van der Waals surface area (Å²) in [6, 6.07) is 18.6. The van der Waals surface area contributed by atoms with Gasteiger partial charge in [0.25, 0.3) is 0 Å². The lowest BCUT2D eigenvalue weighted by atomic mass is 9.82. The highest BCUT2D eigenvalue weighted by Gasteiger charge is 2.33. The van der Waals surface area contributed by atoms with Crippen molar-refractivity contribution in [1.29, 1.82) is 0 Å². The van der Waals surface area contributed by atoms with Gasteiger partial charge in [0.05, 0.1) is 13.2 Å². The Hall–Kier alpha value is -3.41. The molecule has 2 aliphatic heterocycles. The second kappa shape index (κ2) is 16.1. The van der Waals surface area contributed by atoms with Crippen LogP contribution in [0.4, 0.5) is 0 Å². The van der Waals surface area contributed by atoms with Gasteiger partial charge in [-0.25, -0.2) is 0 Å². The zero-order valence-corrected chi connectivity index (χ0v) is 30.0. The molecule has 5 N–H and O–H groups in total. The number of phenolic OH excluding ortho intramolecular Hbond substituents is 3. The molecule has 0 radical (unpaired) electrons. The van der Waals surface area contributed by atoms with E-state index in [1.54, 1.807) is 31.4 Å². The van der Waals surface area contributed by atoms with Crippen LogP contribution in [0.1, 0.15) is 67.0 Å². The fourth-order valence-electron chi connectivity index (χ4n) is 7.40. The predicted molar refractivity (Wildman–Crippen MR) is 199 cm³/mol. The third-order valence-electron chi connectivity index (χ3n) is 9.82. The van der Waals surface area contributed by atoms with Gasteiger partial charge in [-0.3, -0.25) is 10.1 Å². The molecule has 2 atom stereocenters. The van der Waals surface area contributed by atoms with Crippen LogP contribution in [0.15, 0.2) is 60.7 Å². The number of rotatable bonds is 7. The van der Waals surface area contributed by atoms with Crippen molar-refractivity contribution >= 4 is 38.1 Å². The summed E-state index contributed by atoms with van der Waals surface area (Å²) < 4.78 is 12.6. The first-order chi connectivity index (χ1) is 23.8. The maximum absolute atomic E-state index is 13.9. The molecule has 0 spiro atoms. The Bertz CT molecular complexity index is 1790. The Kier molecular flexibility index (Phi) is 11.6. The highest BCUT2D eigenvalue weighted by atomic mass is 33.1. The van der Waals surface area contributed by atoms with Gasteiger partial charge >= 0.3 is 0 Å². The summed E-state index contributed by atoms with van der Waals surface area (Å²) in [4.78, 5) is 13.9. The fraction of sp³-hybridized carbons (Fsp3) is 0.410. The summed E-state index contributed by atoms with van der Waals surface area (Å²) in [5, 5.41) is 40.8. The molecule has 1 saturated carbocycles. The van der Waals surface area contributed by atoms with Crippen LogP contribution in [-0.4, -0.2) is 53.7 Å². The second-order valence-electron chi connectivity index (χ2n) is 13.1. The summed E-state index contributed by atoms with van der Waals surface area (Å²) in [5.41, 5.74) is 5.47. The number of ether oxygens (including phenoxy) is 2. The predicted octanol–water partition coefficient (Wildman–Crippen LogP) is 8.00. The van der Waals surface area contributed by atoms with Gasteiger partial charge in [0.15, 0.2) is 11.5 Å². The van der Waals surface area contributed by atoms with E-state index in [1.807, 2.05) is 66.0 Å². The standard InChI is InChI=1S/C39H46N2O6S2/c1-40-21-23-16-27(18-30(44)17-23)39(41-2)47-36-20-29(43)11-5-26-9-15-35(45)38(46-3)37(26)32-14-8-24-4-10-28(42)19-33(24)34(32)22-48-49-31-12-6-25(36)7-13-31/h4,8-10,14-19,25,31,36,39-42,44-45H,5-7,11-13,20-22H2,1-3H3/t25?,31?,36-,39+/m1/s1.